The first kappa shape index (κ1) is 19.2. The number of anilines is 3. The summed E-state index contributed by atoms with van der Waals surface area (Å²) in [6.45, 7) is 5.67. The van der Waals surface area contributed by atoms with Crippen LogP contribution in [0.15, 0.2) is 45.9 Å². The Hall–Kier alpha value is -3.79. The molecule has 5 rings (SSSR count). The van der Waals surface area contributed by atoms with Crippen molar-refractivity contribution in [2.45, 2.75) is 6.92 Å². The van der Waals surface area contributed by atoms with Crippen LogP contribution in [0.1, 0.15) is 5.89 Å². The van der Waals surface area contributed by atoms with Gasteiger partial charge in [-0.2, -0.15) is 4.98 Å². The van der Waals surface area contributed by atoms with Crippen LogP contribution < -0.4 is 21.0 Å². The maximum Gasteiger partial charge on any atom is 0.253 e. The molecule has 1 fully saturated rings. The van der Waals surface area contributed by atoms with Crippen molar-refractivity contribution in [3.05, 3.63) is 52.8 Å². The molecule has 0 unspecified atom stereocenters. The van der Waals surface area contributed by atoms with Crippen molar-refractivity contribution < 1.29 is 4.42 Å². The summed E-state index contributed by atoms with van der Waals surface area (Å²) < 4.78 is 7.17. The van der Waals surface area contributed by atoms with Crippen LogP contribution in [0.25, 0.3) is 22.5 Å². The first-order chi connectivity index (χ1) is 15.1. The Morgan fingerprint density at radius 3 is 2.61 bits per heavy atom. The van der Waals surface area contributed by atoms with Gasteiger partial charge in [0, 0.05) is 63.9 Å². The molecular formula is C21H22N8O2. The Kier molecular flexibility index (Phi) is 4.83. The number of fused-ring (bicyclic) bond motifs is 1. The predicted molar refractivity (Wildman–Crippen MR) is 118 cm³/mol. The largest absolute Gasteiger partial charge is 0.421 e. The maximum atomic E-state index is 12.9. The molecule has 1 aliphatic rings. The molecule has 0 bridgehead atoms. The second kappa shape index (κ2) is 7.80. The zero-order valence-corrected chi connectivity index (χ0v) is 17.3. The van der Waals surface area contributed by atoms with Crippen molar-refractivity contribution in [1.82, 2.24) is 30.0 Å². The SMILES string of the molecule is Cc1nnc(-c2cn(C)c3nc(Nc4ccc(N5CCNCC5)cc4)ncc3c2=O)o1. The summed E-state index contributed by atoms with van der Waals surface area (Å²) in [5.74, 6) is 1.00. The van der Waals surface area contributed by atoms with E-state index in [1.807, 2.05) is 19.2 Å². The number of aromatic nitrogens is 5. The summed E-state index contributed by atoms with van der Waals surface area (Å²) in [6, 6.07) is 8.18. The fourth-order valence-corrected chi connectivity index (χ4v) is 3.69. The van der Waals surface area contributed by atoms with Gasteiger partial charge in [0.2, 0.25) is 17.3 Å². The Balaban J connectivity index is 1.42. The van der Waals surface area contributed by atoms with Gasteiger partial charge >= 0.3 is 0 Å². The molecule has 0 aliphatic carbocycles. The van der Waals surface area contributed by atoms with Gasteiger partial charge in [0.05, 0.1) is 5.39 Å². The van der Waals surface area contributed by atoms with Crippen LogP contribution in [0.3, 0.4) is 0 Å². The van der Waals surface area contributed by atoms with Gasteiger partial charge in [-0.1, -0.05) is 0 Å². The predicted octanol–water partition coefficient (Wildman–Crippen LogP) is 1.84. The van der Waals surface area contributed by atoms with E-state index < -0.39 is 0 Å². The number of nitrogens with zero attached hydrogens (tertiary/aromatic N) is 6. The van der Waals surface area contributed by atoms with Crippen molar-refractivity contribution in [2.75, 3.05) is 36.4 Å². The van der Waals surface area contributed by atoms with E-state index in [-0.39, 0.29) is 11.3 Å². The Bertz CT molecular complexity index is 1290. The first-order valence-corrected chi connectivity index (χ1v) is 10.1. The average Bonchev–Trinajstić information content (AvgIpc) is 3.23. The minimum absolute atomic E-state index is 0.187. The van der Waals surface area contributed by atoms with Gasteiger partial charge in [-0.05, 0) is 24.3 Å². The second-order valence-corrected chi connectivity index (χ2v) is 7.45. The minimum Gasteiger partial charge on any atom is -0.421 e. The fourth-order valence-electron chi connectivity index (χ4n) is 3.69. The summed E-state index contributed by atoms with van der Waals surface area (Å²) in [5.41, 5.74) is 2.66. The lowest BCUT2D eigenvalue weighted by Crippen LogP contribution is -2.43. The molecule has 0 amide bonds. The number of hydrogen-bond acceptors (Lipinski definition) is 9. The average molecular weight is 418 g/mol. The van der Waals surface area contributed by atoms with E-state index in [2.05, 4.69) is 47.8 Å². The topological polar surface area (TPSA) is 114 Å². The molecule has 4 aromatic rings. The molecule has 3 aromatic heterocycles. The van der Waals surface area contributed by atoms with E-state index >= 15 is 0 Å². The van der Waals surface area contributed by atoms with Crippen LogP contribution in [0.2, 0.25) is 0 Å². The highest BCUT2D eigenvalue weighted by Crippen LogP contribution is 2.22. The molecule has 0 radical (unpaired) electrons. The van der Waals surface area contributed by atoms with E-state index in [1.54, 1.807) is 17.7 Å². The highest BCUT2D eigenvalue weighted by molar-refractivity contribution is 5.80. The van der Waals surface area contributed by atoms with Crippen molar-refractivity contribution >= 4 is 28.4 Å². The van der Waals surface area contributed by atoms with E-state index in [9.17, 15) is 4.79 Å². The molecule has 0 saturated carbocycles. The molecular weight excluding hydrogens is 396 g/mol. The molecule has 1 aliphatic heterocycles. The third-order valence-corrected chi connectivity index (χ3v) is 5.28. The van der Waals surface area contributed by atoms with Gasteiger partial charge in [-0.3, -0.25) is 4.79 Å². The zero-order chi connectivity index (χ0) is 21.4. The van der Waals surface area contributed by atoms with Crippen molar-refractivity contribution in [1.29, 1.82) is 0 Å². The highest BCUT2D eigenvalue weighted by Gasteiger charge is 2.16. The van der Waals surface area contributed by atoms with Gasteiger partial charge in [-0.15, -0.1) is 10.2 Å². The molecule has 1 aromatic carbocycles. The van der Waals surface area contributed by atoms with Crippen LogP contribution >= 0.6 is 0 Å². The number of rotatable bonds is 4. The molecule has 2 N–H and O–H groups in total. The van der Waals surface area contributed by atoms with E-state index in [0.717, 1.165) is 31.9 Å². The van der Waals surface area contributed by atoms with E-state index in [1.165, 1.54) is 11.9 Å². The van der Waals surface area contributed by atoms with Gasteiger partial charge in [0.1, 0.15) is 11.2 Å². The molecule has 1 saturated heterocycles. The summed E-state index contributed by atoms with van der Waals surface area (Å²) >= 11 is 0. The van der Waals surface area contributed by atoms with Gasteiger partial charge in [0.25, 0.3) is 5.89 Å². The molecule has 0 atom stereocenters. The highest BCUT2D eigenvalue weighted by atomic mass is 16.4. The maximum absolute atomic E-state index is 12.9. The second-order valence-electron chi connectivity index (χ2n) is 7.45. The number of benzene rings is 1. The summed E-state index contributed by atoms with van der Waals surface area (Å²) in [7, 11) is 1.81. The fraction of sp³-hybridized carbons (Fsp3) is 0.286. The third-order valence-electron chi connectivity index (χ3n) is 5.28. The van der Waals surface area contributed by atoms with Gasteiger partial charge in [0.15, 0.2) is 0 Å². The smallest absolute Gasteiger partial charge is 0.253 e. The monoisotopic (exact) mass is 418 g/mol. The summed E-state index contributed by atoms with van der Waals surface area (Å²) in [4.78, 5) is 24.1. The van der Waals surface area contributed by atoms with E-state index in [0.29, 0.717) is 28.4 Å². The lowest BCUT2D eigenvalue weighted by Gasteiger charge is -2.29. The Morgan fingerprint density at radius 1 is 1.13 bits per heavy atom. The van der Waals surface area contributed by atoms with Crippen LogP contribution in [0.4, 0.5) is 17.3 Å². The molecule has 0 spiro atoms. The third kappa shape index (κ3) is 3.73. The quantitative estimate of drug-likeness (QED) is 0.512. The number of nitrogens with one attached hydrogen (secondary N) is 2. The van der Waals surface area contributed by atoms with Crippen LogP contribution in [0.5, 0.6) is 0 Å². The van der Waals surface area contributed by atoms with Crippen molar-refractivity contribution in [2.24, 2.45) is 7.05 Å². The summed E-state index contributed by atoms with van der Waals surface area (Å²) in [5, 5.41) is 14.7. The molecule has 31 heavy (non-hydrogen) atoms. The van der Waals surface area contributed by atoms with Gasteiger partial charge < -0.3 is 24.5 Å². The standard InChI is InChI=1S/C21H22N8O2/c1-13-26-27-20(31-13)17-12-28(2)19-16(18(17)30)11-23-21(25-19)24-14-3-5-15(6-4-14)29-9-7-22-8-10-29/h3-6,11-12,22H,7-10H2,1-2H3,(H,23,24,25). The van der Waals surface area contributed by atoms with Crippen molar-refractivity contribution in [3.63, 3.8) is 0 Å². The number of piperazine rings is 1. The molecule has 4 heterocycles. The molecule has 10 nitrogen and oxygen atoms in total. The first-order valence-electron chi connectivity index (χ1n) is 10.1. The number of aryl methyl sites for hydroxylation is 2. The zero-order valence-electron chi connectivity index (χ0n) is 17.3. The van der Waals surface area contributed by atoms with E-state index in [4.69, 9.17) is 4.42 Å². The van der Waals surface area contributed by atoms with Crippen LogP contribution in [-0.2, 0) is 7.05 Å². The number of pyridine rings is 1. The van der Waals surface area contributed by atoms with Crippen LogP contribution in [-0.4, -0.2) is 50.9 Å². The molecule has 158 valence electrons. The lowest BCUT2D eigenvalue weighted by molar-refractivity contribution is 0.532. The Labute approximate surface area is 178 Å². The summed E-state index contributed by atoms with van der Waals surface area (Å²) in [6.07, 6.45) is 3.17. The minimum atomic E-state index is -0.247. The lowest BCUT2D eigenvalue weighted by atomic mass is 10.2. The normalized spacial score (nSPS) is 14.2. The van der Waals surface area contributed by atoms with Gasteiger partial charge in [-0.25, -0.2) is 4.98 Å². The van der Waals surface area contributed by atoms with Crippen LogP contribution in [0, 0.1) is 6.92 Å². The Morgan fingerprint density at radius 2 is 1.90 bits per heavy atom. The molecule has 10 heteroatoms. The number of hydrogen-bond donors (Lipinski definition) is 2. The van der Waals surface area contributed by atoms with Crippen molar-refractivity contribution in [3.8, 4) is 11.5 Å².